The number of benzene rings is 2. The summed E-state index contributed by atoms with van der Waals surface area (Å²) in [5, 5.41) is 0. The van der Waals surface area contributed by atoms with Crippen LogP contribution in [0.5, 0.6) is 0 Å². The van der Waals surface area contributed by atoms with Crippen molar-refractivity contribution in [1.82, 2.24) is 19.0 Å². The zero-order valence-electron chi connectivity index (χ0n) is 19.6. The third kappa shape index (κ3) is 5.65. The van der Waals surface area contributed by atoms with Crippen LogP contribution < -0.4 is 0 Å². The number of sulfonamides is 1. The zero-order valence-corrected chi connectivity index (χ0v) is 20.4. The topological polar surface area (TPSA) is 81.2 Å². The molecule has 0 spiro atoms. The monoisotopic (exact) mass is 484 g/mol. The fourth-order valence-electron chi connectivity index (χ4n) is 4.44. The van der Waals surface area contributed by atoms with Crippen LogP contribution in [-0.2, 0) is 21.4 Å². The van der Waals surface area contributed by atoms with Gasteiger partial charge < -0.3 is 9.80 Å². The summed E-state index contributed by atoms with van der Waals surface area (Å²) in [6, 6.07) is 16.3. The maximum Gasteiger partial charge on any atom is 0.254 e. The molecule has 182 valence electrons. The summed E-state index contributed by atoms with van der Waals surface area (Å²) in [4.78, 5) is 31.3. The minimum Gasteiger partial charge on any atom is -0.339 e. The van der Waals surface area contributed by atoms with Crippen LogP contribution >= 0.6 is 0 Å². The Morgan fingerprint density at radius 1 is 0.853 bits per heavy atom. The van der Waals surface area contributed by atoms with Crippen LogP contribution in [0.15, 0.2) is 59.5 Å². The van der Waals surface area contributed by atoms with Crippen LogP contribution in [-0.4, -0.2) is 92.1 Å². The molecule has 0 atom stereocenters. The number of rotatable bonds is 7. The Morgan fingerprint density at radius 2 is 1.47 bits per heavy atom. The summed E-state index contributed by atoms with van der Waals surface area (Å²) in [5.74, 6) is -0.385. The molecular weight excluding hydrogens is 452 g/mol. The fourth-order valence-corrected chi connectivity index (χ4v) is 5.96. The number of nitrogens with zero attached hydrogens (tertiary/aromatic N) is 4. The maximum absolute atomic E-state index is 12.8. The number of likely N-dealkylation sites (N-methyl/N-ethyl adjacent to an activating group) is 1. The molecule has 2 aromatic rings. The lowest BCUT2D eigenvalue weighted by Crippen LogP contribution is -2.51. The first-order chi connectivity index (χ1) is 16.3. The van der Waals surface area contributed by atoms with E-state index in [1.165, 1.54) is 39.0 Å². The Kier molecular flexibility index (Phi) is 7.65. The molecular formula is C25H32N4O4S. The second-order valence-electron chi connectivity index (χ2n) is 8.94. The van der Waals surface area contributed by atoms with Crippen LogP contribution in [0.3, 0.4) is 0 Å². The van der Waals surface area contributed by atoms with Gasteiger partial charge in [-0.3, -0.25) is 14.5 Å². The number of carbonyl (C=O) groups excluding carboxylic acids is 2. The van der Waals surface area contributed by atoms with Crippen LogP contribution in [0.2, 0.25) is 0 Å². The molecule has 8 nitrogen and oxygen atoms in total. The van der Waals surface area contributed by atoms with Crippen LogP contribution in [0.1, 0.15) is 28.8 Å². The highest BCUT2D eigenvalue weighted by Crippen LogP contribution is 2.21. The molecule has 2 aliphatic rings. The number of amides is 2. The number of carbonyl (C=O) groups is 2. The van der Waals surface area contributed by atoms with Gasteiger partial charge >= 0.3 is 0 Å². The molecule has 0 bridgehead atoms. The van der Waals surface area contributed by atoms with E-state index in [-0.39, 0.29) is 23.3 Å². The van der Waals surface area contributed by atoms with Gasteiger partial charge in [0.2, 0.25) is 15.9 Å². The normalized spacial score (nSPS) is 17.6. The zero-order chi connectivity index (χ0) is 24.1. The van der Waals surface area contributed by atoms with E-state index in [2.05, 4.69) is 17.0 Å². The van der Waals surface area contributed by atoms with Crippen molar-refractivity contribution in [3.63, 3.8) is 0 Å². The summed E-state index contributed by atoms with van der Waals surface area (Å²) in [5.41, 5.74) is 1.62. The van der Waals surface area contributed by atoms with Crippen LogP contribution in [0.4, 0.5) is 0 Å². The largest absolute Gasteiger partial charge is 0.339 e. The predicted octanol–water partition coefficient (Wildman–Crippen LogP) is 1.89. The van der Waals surface area contributed by atoms with Gasteiger partial charge in [-0.1, -0.05) is 30.3 Å². The Balaban J connectivity index is 1.28. The highest BCUT2D eigenvalue weighted by atomic mass is 32.2. The van der Waals surface area contributed by atoms with Gasteiger partial charge in [-0.25, -0.2) is 8.42 Å². The van der Waals surface area contributed by atoms with Gasteiger partial charge in [0, 0.05) is 58.4 Å². The van der Waals surface area contributed by atoms with E-state index >= 15 is 0 Å². The van der Waals surface area contributed by atoms with E-state index in [1.807, 2.05) is 18.2 Å². The number of piperazine rings is 1. The highest BCUT2D eigenvalue weighted by molar-refractivity contribution is 7.89. The summed E-state index contributed by atoms with van der Waals surface area (Å²) in [6.07, 6.45) is 1.74. The molecule has 4 rings (SSSR count). The van der Waals surface area contributed by atoms with Crippen molar-refractivity contribution >= 4 is 21.8 Å². The Bertz CT molecular complexity index is 1090. The molecule has 0 radical (unpaired) electrons. The van der Waals surface area contributed by atoms with E-state index in [0.717, 1.165) is 32.5 Å². The summed E-state index contributed by atoms with van der Waals surface area (Å²) < 4.78 is 26.8. The van der Waals surface area contributed by atoms with Crippen LogP contribution in [0, 0.1) is 0 Å². The molecule has 2 heterocycles. The van der Waals surface area contributed by atoms with Crippen molar-refractivity contribution in [3.8, 4) is 0 Å². The van der Waals surface area contributed by atoms with E-state index in [0.29, 0.717) is 31.7 Å². The summed E-state index contributed by atoms with van der Waals surface area (Å²) >= 11 is 0. The lowest BCUT2D eigenvalue weighted by molar-refractivity contribution is -0.133. The molecule has 9 heteroatoms. The Morgan fingerprint density at radius 3 is 2.09 bits per heavy atom. The van der Waals surface area contributed by atoms with E-state index in [4.69, 9.17) is 0 Å². The van der Waals surface area contributed by atoms with Gasteiger partial charge in [-0.2, -0.15) is 4.31 Å². The predicted molar refractivity (Wildman–Crippen MR) is 130 cm³/mol. The second kappa shape index (κ2) is 10.7. The molecule has 2 aromatic carbocycles. The van der Waals surface area contributed by atoms with Crippen molar-refractivity contribution in [2.45, 2.75) is 24.3 Å². The first-order valence-electron chi connectivity index (χ1n) is 11.7. The third-order valence-corrected chi connectivity index (χ3v) is 8.41. The lowest BCUT2D eigenvalue weighted by Gasteiger charge is -2.35. The maximum atomic E-state index is 12.8. The first-order valence-corrected chi connectivity index (χ1v) is 13.2. The first kappa shape index (κ1) is 24.4. The summed E-state index contributed by atoms with van der Waals surface area (Å²) in [6.45, 7) is 4.79. The van der Waals surface area contributed by atoms with Gasteiger partial charge in [0.25, 0.3) is 5.91 Å². The standard InChI is InChI=1S/C25H32N4O4S/c1-26(20-24(30)28-17-15-27(16-18-28)19-21-7-3-2-4-8-21)25(31)22-9-11-23(12-10-22)34(32,33)29-13-5-6-14-29/h2-4,7-12H,5-6,13-20H2,1H3. The molecule has 0 saturated carbocycles. The summed E-state index contributed by atoms with van der Waals surface area (Å²) in [7, 11) is -1.92. The van der Waals surface area contributed by atoms with Crippen molar-refractivity contribution < 1.29 is 18.0 Å². The Labute approximate surface area is 201 Å². The number of hydrogen-bond acceptors (Lipinski definition) is 5. The third-order valence-electron chi connectivity index (χ3n) is 6.50. The Hall–Kier alpha value is -2.75. The van der Waals surface area contributed by atoms with Crippen molar-refractivity contribution in [2.75, 3.05) is 52.9 Å². The molecule has 2 fully saturated rings. The number of hydrogen-bond donors (Lipinski definition) is 0. The molecule has 0 unspecified atom stereocenters. The van der Waals surface area contributed by atoms with Gasteiger partial charge in [-0.05, 0) is 42.7 Å². The molecule has 0 N–H and O–H groups in total. The molecule has 0 aromatic heterocycles. The quantitative estimate of drug-likeness (QED) is 0.600. The average molecular weight is 485 g/mol. The van der Waals surface area contributed by atoms with Gasteiger partial charge in [0.1, 0.15) is 0 Å². The average Bonchev–Trinajstić information content (AvgIpc) is 3.41. The van der Waals surface area contributed by atoms with Crippen LogP contribution in [0.25, 0.3) is 0 Å². The van der Waals surface area contributed by atoms with E-state index in [9.17, 15) is 18.0 Å². The fraction of sp³-hybridized carbons (Fsp3) is 0.440. The lowest BCUT2D eigenvalue weighted by atomic mass is 10.2. The SMILES string of the molecule is CN(CC(=O)N1CCN(Cc2ccccc2)CC1)C(=O)c1ccc(S(=O)(=O)N2CCCC2)cc1. The minimum atomic E-state index is -3.52. The van der Waals surface area contributed by atoms with Gasteiger partial charge in [0.15, 0.2) is 0 Å². The molecule has 2 saturated heterocycles. The molecule has 0 aliphatic carbocycles. The van der Waals surface area contributed by atoms with Crippen molar-refractivity contribution in [1.29, 1.82) is 0 Å². The van der Waals surface area contributed by atoms with E-state index < -0.39 is 10.0 Å². The van der Waals surface area contributed by atoms with Gasteiger partial charge in [-0.15, -0.1) is 0 Å². The molecule has 2 aliphatic heterocycles. The highest BCUT2D eigenvalue weighted by Gasteiger charge is 2.28. The minimum absolute atomic E-state index is 0.00858. The van der Waals surface area contributed by atoms with Crippen molar-refractivity contribution in [2.24, 2.45) is 0 Å². The smallest absolute Gasteiger partial charge is 0.254 e. The molecule has 34 heavy (non-hydrogen) atoms. The van der Waals surface area contributed by atoms with E-state index in [1.54, 1.807) is 11.9 Å². The molecule has 2 amide bonds. The van der Waals surface area contributed by atoms with Gasteiger partial charge in [0.05, 0.1) is 11.4 Å². The second-order valence-corrected chi connectivity index (χ2v) is 10.9. The van der Waals surface area contributed by atoms with Crippen molar-refractivity contribution in [3.05, 3.63) is 65.7 Å².